The Balaban J connectivity index is 0.00000128. The number of aryl methyl sites for hydroxylation is 1. The molecule has 88 valence electrons. The highest BCUT2D eigenvalue weighted by Gasteiger charge is 2.03. The van der Waals surface area contributed by atoms with Gasteiger partial charge in [0.25, 0.3) is 0 Å². The normalized spacial score (nSPS) is 15.7. The van der Waals surface area contributed by atoms with Crippen molar-refractivity contribution in [2.75, 3.05) is 11.9 Å². The first-order valence-corrected chi connectivity index (χ1v) is 5.71. The van der Waals surface area contributed by atoms with Crippen molar-refractivity contribution < 1.29 is 0 Å². The Labute approximate surface area is 108 Å². The van der Waals surface area contributed by atoms with Crippen molar-refractivity contribution in [2.45, 2.75) is 32.6 Å². The molecular formula is C13H19BrN2. The predicted octanol–water partition coefficient (Wildman–Crippen LogP) is 3.96. The highest BCUT2D eigenvalue weighted by Crippen LogP contribution is 2.12. The molecule has 0 saturated heterocycles. The van der Waals surface area contributed by atoms with E-state index in [1.54, 1.807) is 0 Å². The molecule has 0 amide bonds. The summed E-state index contributed by atoms with van der Waals surface area (Å²) in [6.07, 6.45) is 4.90. The largest absolute Gasteiger partial charge is 0.344 e. The van der Waals surface area contributed by atoms with Gasteiger partial charge in [-0.25, -0.2) is 0 Å². The van der Waals surface area contributed by atoms with E-state index in [0.29, 0.717) is 0 Å². The third kappa shape index (κ3) is 3.97. The fraction of sp³-hybridized carbons (Fsp3) is 0.462. The number of nitrogens with zero attached hydrogens (tertiary/aromatic N) is 1. The van der Waals surface area contributed by atoms with Crippen LogP contribution in [0.4, 0.5) is 5.69 Å². The van der Waals surface area contributed by atoms with Gasteiger partial charge in [-0.1, -0.05) is 24.1 Å². The van der Waals surface area contributed by atoms with Crippen molar-refractivity contribution in [1.29, 1.82) is 0 Å². The molecule has 0 spiro atoms. The van der Waals surface area contributed by atoms with Crippen molar-refractivity contribution in [3.63, 3.8) is 0 Å². The fourth-order valence-electron chi connectivity index (χ4n) is 1.78. The van der Waals surface area contributed by atoms with Gasteiger partial charge in [-0.15, -0.1) is 17.0 Å². The van der Waals surface area contributed by atoms with Gasteiger partial charge in [0.1, 0.15) is 5.84 Å². The first kappa shape index (κ1) is 13.2. The first-order chi connectivity index (χ1) is 7.34. The number of nitrogens with one attached hydrogen (secondary N) is 1. The molecule has 1 heterocycles. The lowest BCUT2D eigenvalue weighted by Gasteiger charge is -2.08. The minimum atomic E-state index is 0. The van der Waals surface area contributed by atoms with E-state index in [4.69, 9.17) is 0 Å². The molecule has 0 atom stereocenters. The molecule has 1 aromatic rings. The average Bonchev–Trinajstić information content (AvgIpc) is 2.50. The minimum absolute atomic E-state index is 0. The number of hydrogen-bond donors (Lipinski definition) is 1. The van der Waals surface area contributed by atoms with Gasteiger partial charge in [-0.05, 0) is 31.9 Å². The van der Waals surface area contributed by atoms with E-state index in [0.717, 1.165) is 24.5 Å². The van der Waals surface area contributed by atoms with Gasteiger partial charge >= 0.3 is 0 Å². The second-order valence-electron chi connectivity index (χ2n) is 4.13. The molecule has 0 aliphatic carbocycles. The van der Waals surface area contributed by atoms with Crippen LogP contribution in [0.2, 0.25) is 0 Å². The molecule has 2 nitrogen and oxygen atoms in total. The maximum absolute atomic E-state index is 4.55. The Kier molecular flexibility index (Phi) is 5.53. The Morgan fingerprint density at radius 1 is 1.06 bits per heavy atom. The second kappa shape index (κ2) is 6.69. The van der Waals surface area contributed by atoms with Crippen LogP contribution in [0.1, 0.15) is 31.2 Å². The zero-order chi connectivity index (χ0) is 10.5. The van der Waals surface area contributed by atoms with Gasteiger partial charge in [-0.2, -0.15) is 0 Å². The number of hydrogen-bond acceptors (Lipinski definition) is 2. The molecule has 1 N–H and O–H groups in total. The molecule has 0 unspecified atom stereocenters. The quantitative estimate of drug-likeness (QED) is 0.829. The van der Waals surface area contributed by atoms with Crippen LogP contribution in [0, 0.1) is 6.92 Å². The van der Waals surface area contributed by atoms with Crippen LogP contribution < -0.4 is 5.32 Å². The van der Waals surface area contributed by atoms with E-state index in [9.17, 15) is 0 Å². The first-order valence-electron chi connectivity index (χ1n) is 5.71. The van der Waals surface area contributed by atoms with E-state index < -0.39 is 0 Å². The number of amidine groups is 1. The van der Waals surface area contributed by atoms with Crippen molar-refractivity contribution in [2.24, 2.45) is 4.99 Å². The number of anilines is 1. The number of halogens is 1. The maximum atomic E-state index is 4.55. The van der Waals surface area contributed by atoms with E-state index in [-0.39, 0.29) is 17.0 Å². The molecular weight excluding hydrogens is 264 g/mol. The smallest absolute Gasteiger partial charge is 0.101 e. The Hall–Kier alpha value is -0.830. The lowest BCUT2D eigenvalue weighted by atomic mass is 10.2. The molecule has 0 aromatic heterocycles. The summed E-state index contributed by atoms with van der Waals surface area (Å²) in [6, 6.07) is 8.48. The molecule has 16 heavy (non-hydrogen) atoms. The molecule has 0 saturated carbocycles. The van der Waals surface area contributed by atoms with Crippen molar-refractivity contribution in [3.05, 3.63) is 29.8 Å². The summed E-state index contributed by atoms with van der Waals surface area (Å²) >= 11 is 0. The lowest BCUT2D eigenvalue weighted by Crippen LogP contribution is -2.11. The summed E-state index contributed by atoms with van der Waals surface area (Å²) in [5.41, 5.74) is 2.45. The Morgan fingerprint density at radius 2 is 1.81 bits per heavy atom. The van der Waals surface area contributed by atoms with Crippen LogP contribution in [0.3, 0.4) is 0 Å². The number of aliphatic imine (C=N–C) groups is 1. The third-order valence-electron chi connectivity index (χ3n) is 2.71. The van der Waals surface area contributed by atoms with Gasteiger partial charge in [0.15, 0.2) is 0 Å². The zero-order valence-electron chi connectivity index (χ0n) is 9.70. The highest BCUT2D eigenvalue weighted by atomic mass is 79.9. The minimum Gasteiger partial charge on any atom is -0.344 e. The maximum Gasteiger partial charge on any atom is 0.101 e. The molecule has 1 aromatic carbocycles. The van der Waals surface area contributed by atoms with Gasteiger partial charge in [0.05, 0.1) is 0 Å². The molecule has 2 rings (SSSR count). The summed E-state index contributed by atoms with van der Waals surface area (Å²) in [7, 11) is 0. The second-order valence-corrected chi connectivity index (χ2v) is 4.13. The topological polar surface area (TPSA) is 24.4 Å². The van der Waals surface area contributed by atoms with E-state index in [1.807, 2.05) is 0 Å². The standard InChI is InChI=1S/C13H18N2.BrH/c1-11-6-8-12(9-7-11)15-13-5-3-2-4-10-14-13;/h6-9H,2-5,10H2,1H3,(H,14,15);1H. The predicted molar refractivity (Wildman–Crippen MR) is 75.9 cm³/mol. The Morgan fingerprint density at radius 3 is 2.56 bits per heavy atom. The van der Waals surface area contributed by atoms with Crippen LogP contribution in [0.15, 0.2) is 29.3 Å². The molecule has 0 fully saturated rings. The van der Waals surface area contributed by atoms with Crippen LogP contribution in [0.25, 0.3) is 0 Å². The van der Waals surface area contributed by atoms with Crippen LogP contribution in [-0.4, -0.2) is 12.4 Å². The number of rotatable bonds is 1. The van der Waals surface area contributed by atoms with E-state index >= 15 is 0 Å². The summed E-state index contributed by atoms with van der Waals surface area (Å²) < 4.78 is 0. The fourth-order valence-corrected chi connectivity index (χ4v) is 1.78. The molecule has 0 bridgehead atoms. The van der Waals surface area contributed by atoms with Crippen LogP contribution in [0.5, 0.6) is 0 Å². The third-order valence-corrected chi connectivity index (χ3v) is 2.71. The van der Waals surface area contributed by atoms with Gasteiger partial charge < -0.3 is 5.32 Å². The highest BCUT2D eigenvalue weighted by molar-refractivity contribution is 8.93. The van der Waals surface area contributed by atoms with Crippen molar-refractivity contribution >= 4 is 28.5 Å². The van der Waals surface area contributed by atoms with Crippen molar-refractivity contribution in [1.82, 2.24) is 0 Å². The number of benzene rings is 1. The van der Waals surface area contributed by atoms with Gasteiger partial charge in [0, 0.05) is 18.7 Å². The Bertz CT molecular complexity index is 343. The van der Waals surface area contributed by atoms with Crippen LogP contribution in [-0.2, 0) is 0 Å². The van der Waals surface area contributed by atoms with Crippen LogP contribution >= 0.6 is 17.0 Å². The summed E-state index contributed by atoms with van der Waals surface area (Å²) in [6.45, 7) is 3.08. The summed E-state index contributed by atoms with van der Waals surface area (Å²) in [5, 5.41) is 3.40. The average molecular weight is 283 g/mol. The molecule has 1 aliphatic heterocycles. The zero-order valence-corrected chi connectivity index (χ0v) is 11.4. The van der Waals surface area contributed by atoms with Gasteiger partial charge in [0.2, 0.25) is 0 Å². The summed E-state index contributed by atoms with van der Waals surface area (Å²) in [5.74, 6) is 1.15. The molecule has 1 aliphatic rings. The van der Waals surface area contributed by atoms with Crippen molar-refractivity contribution in [3.8, 4) is 0 Å². The monoisotopic (exact) mass is 282 g/mol. The SMILES string of the molecule is Br.Cc1ccc(NC2=NCCCCC2)cc1. The lowest BCUT2D eigenvalue weighted by molar-refractivity contribution is 0.731. The molecule has 0 radical (unpaired) electrons. The molecule has 3 heteroatoms. The van der Waals surface area contributed by atoms with Gasteiger partial charge in [-0.3, -0.25) is 4.99 Å². The van der Waals surface area contributed by atoms with E-state index in [1.165, 1.54) is 24.8 Å². The summed E-state index contributed by atoms with van der Waals surface area (Å²) in [4.78, 5) is 4.55. The van der Waals surface area contributed by atoms with E-state index in [2.05, 4.69) is 41.5 Å².